The molecule has 1 heterocycles. The minimum atomic E-state index is -1.04. The van der Waals surface area contributed by atoms with Crippen molar-refractivity contribution in [2.24, 2.45) is 0 Å². The Morgan fingerprint density at radius 3 is 1.42 bits per heavy atom. The quantitative estimate of drug-likeness (QED) is 0.268. The van der Waals surface area contributed by atoms with Crippen LogP contribution in [0.5, 0.6) is 0 Å². The summed E-state index contributed by atoms with van der Waals surface area (Å²) in [6, 6.07) is 0. The van der Waals surface area contributed by atoms with Gasteiger partial charge in [0.1, 0.15) is 18.3 Å². The maximum atomic E-state index is 8.87. The van der Waals surface area contributed by atoms with E-state index in [1.807, 2.05) is 0 Å². The Bertz CT molecular complexity index is 94.7. The van der Waals surface area contributed by atoms with Gasteiger partial charge in [-0.3, -0.25) is 0 Å². The van der Waals surface area contributed by atoms with E-state index in [0.717, 1.165) is 0 Å². The van der Waals surface area contributed by atoms with E-state index >= 15 is 0 Å². The largest absolute Gasteiger partial charge is 0.388 e. The minimum Gasteiger partial charge on any atom is -0.388 e. The van der Waals surface area contributed by atoms with Crippen LogP contribution in [0.4, 0.5) is 0 Å². The Hall–Kier alpha value is 4.16. The second-order valence-corrected chi connectivity index (χ2v) is 2.16. The summed E-state index contributed by atoms with van der Waals surface area (Å²) in [5.74, 6) is 0. The second kappa shape index (κ2) is 11.6. The van der Waals surface area contributed by atoms with Crippen molar-refractivity contribution in [1.82, 2.24) is 0 Å². The van der Waals surface area contributed by atoms with Crippen molar-refractivity contribution in [3.8, 4) is 0 Å². The van der Waals surface area contributed by atoms with Crippen LogP contribution >= 0.6 is 0 Å². The summed E-state index contributed by atoms with van der Waals surface area (Å²) in [7, 11) is 0. The van der Waals surface area contributed by atoms with Crippen molar-refractivity contribution in [1.29, 1.82) is 0 Å². The van der Waals surface area contributed by atoms with Gasteiger partial charge in [0.2, 0.25) is 0 Å². The molecule has 1 aliphatic rings. The molecule has 1 saturated heterocycles. The number of aliphatic hydroxyl groups is 3. The summed E-state index contributed by atoms with van der Waals surface area (Å²) in [6.07, 6.45) is -2.92. The number of ether oxygens (including phenoxy) is 1. The van der Waals surface area contributed by atoms with Gasteiger partial charge in [0, 0.05) is 132 Å². The van der Waals surface area contributed by atoms with E-state index in [-0.39, 0.29) is 145 Å². The zero-order valence-electron chi connectivity index (χ0n) is 6.63. The van der Waals surface area contributed by atoms with Gasteiger partial charge < -0.3 is 20.1 Å². The van der Waals surface area contributed by atoms with Gasteiger partial charge in [0.25, 0.3) is 0 Å². The summed E-state index contributed by atoms with van der Waals surface area (Å²) in [5.41, 5.74) is 0. The Morgan fingerprint density at radius 2 is 1.17 bits per heavy atom. The van der Waals surface area contributed by atoms with E-state index in [9.17, 15) is 0 Å². The van der Waals surface area contributed by atoms with Crippen molar-refractivity contribution in [3.05, 3.63) is 0 Å². The molecule has 0 bridgehead atoms. The third-order valence-corrected chi connectivity index (χ3v) is 1.37. The first kappa shape index (κ1) is 21.4. The van der Waals surface area contributed by atoms with Gasteiger partial charge in [-0.25, -0.2) is 0 Å². The molecule has 0 aromatic heterocycles. The molecular formula is C5H10Ac3O4. The molecular weight excluding hydrogens is 805 g/mol. The molecule has 0 spiro atoms. The van der Waals surface area contributed by atoms with Gasteiger partial charge in [0.15, 0.2) is 0 Å². The molecule has 0 aliphatic carbocycles. The summed E-state index contributed by atoms with van der Waals surface area (Å²) in [6.45, 7) is 0.219. The zero-order valence-corrected chi connectivity index (χ0v) is 20.9. The van der Waals surface area contributed by atoms with Gasteiger partial charge in [-0.2, -0.15) is 0 Å². The number of rotatable bonds is 0. The van der Waals surface area contributed by atoms with Crippen molar-refractivity contribution in [2.75, 3.05) is 13.2 Å². The molecule has 63 valence electrons. The van der Waals surface area contributed by atoms with Gasteiger partial charge >= 0.3 is 0 Å². The first-order valence-electron chi connectivity index (χ1n) is 2.84. The molecule has 0 aromatic carbocycles. The fraction of sp³-hybridized carbons (Fsp3) is 1.00. The molecule has 1 aliphatic heterocycles. The fourth-order valence-electron chi connectivity index (χ4n) is 0.763. The van der Waals surface area contributed by atoms with Crippen LogP contribution in [0.25, 0.3) is 0 Å². The Kier molecular flexibility index (Phi) is 20.8. The number of aliphatic hydroxyl groups excluding tert-OH is 3. The first-order valence-corrected chi connectivity index (χ1v) is 2.84. The van der Waals surface area contributed by atoms with Crippen LogP contribution in [-0.2, 0) is 4.74 Å². The van der Waals surface area contributed by atoms with Crippen molar-refractivity contribution >= 4 is 0 Å². The predicted octanol–water partition coefficient (Wildman–Crippen LogP) is -1.90. The van der Waals surface area contributed by atoms with E-state index in [1.54, 1.807) is 0 Å². The van der Waals surface area contributed by atoms with Crippen molar-refractivity contribution < 1.29 is 152 Å². The topological polar surface area (TPSA) is 69.9 Å². The molecule has 0 saturated carbocycles. The van der Waals surface area contributed by atoms with E-state index < -0.39 is 18.3 Å². The Balaban J connectivity index is -0.000000270. The summed E-state index contributed by atoms with van der Waals surface area (Å²) in [5, 5.41) is 26.5. The fourth-order valence-corrected chi connectivity index (χ4v) is 0.763. The Labute approximate surface area is 179 Å². The Morgan fingerprint density at radius 1 is 0.833 bits per heavy atom. The molecule has 3 radical (unpaired) electrons. The number of hydrogen-bond acceptors (Lipinski definition) is 4. The van der Waals surface area contributed by atoms with Gasteiger partial charge in [-0.15, -0.1) is 0 Å². The second-order valence-electron chi connectivity index (χ2n) is 2.16. The molecule has 7 heteroatoms. The van der Waals surface area contributed by atoms with Crippen LogP contribution < -0.4 is 0 Å². The van der Waals surface area contributed by atoms with E-state index in [2.05, 4.69) is 0 Å². The molecule has 0 amide bonds. The average molecular weight is 815 g/mol. The molecule has 4 nitrogen and oxygen atoms in total. The maximum absolute atomic E-state index is 8.87. The smallest absolute Gasteiger partial charge is 0.110 e. The van der Waals surface area contributed by atoms with Crippen LogP contribution in [0.15, 0.2) is 0 Å². The van der Waals surface area contributed by atoms with Crippen LogP contribution in [0.1, 0.15) is 0 Å². The normalized spacial score (nSPS) is 33.8. The van der Waals surface area contributed by atoms with Crippen LogP contribution in [0.2, 0.25) is 0 Å². The number of hydrogen-bond donors (Lipinski definition) is 3. The molecule has 2 unspecified atom stereocenters. The van der Waals surface area contributed by atoms with Crippen LogP contribution in [0, 0.1) is 132 Å². The molecule has 12 heavy (non-hydrogen) atoms. The summed E-state index contributed by atoms with van der Waals surface area (Å²) in [4.78, 5) is 0. The summed E-state index contributed by atoms with van der Waals surface area (Å²) < 4.78 is 4.70. The monoisotopic (exact) mass is 815 g/mol. The van der Waals surface area contributed by atoms with Crippen LogP contribution in [-0.4, -0.2) is 46.8 Å². The predicted molar refractivity (Wildman–Crippen MR) is 28.8 cm³/mol. The SMILES string of the molecule is OC1COC[C@H](O)C1O.[Ac].[Ac].[Ac]. The molecule has 3 atom stereocenters. The van der Waals surface area contributed by atoms with Crippen molar-refractivity contribution in [2.45, 2.75) is 18.3 Å². The van der Waals surface area contributed by atoms with Crippen molar-refractivity contribution in [3.63, 3.8) is 0 Å². The maximum Gasteiger partial charge on any atom is 0.110 e. The third kappa shape index (κ3) is 7.44. The van der Waals surface area contributed by atoms with Gasteiger partial charge in [-0.05, 0) is 0 Å². The molecule has 3 N–H and O–H groups in total. The molecule has 1 rings (SSSR count). The zero-order chi connectivity index (χ0) is 6.85. The molecule has 1 fully saturated rings. The van der Waals surface area contributed by atoms with Crippen LogP contribution in [0.3, 0.4) is 0 Å². The van der Waals surface area contributed by atoms with E-state index in [0.29, 0.717) is 0 Å². The minimum absolute atomic E-state index is 0. The summed E-state index contributed by atoms with van der Waals surface area (Å²) >= 11 is 0. The molecule has 0 aromatic rings. The van der Waals surface area contributed by atoms with Gasteiger partial charge in [-0.1, -0.05) is 0 Å². The van der Waals surface area contributed by atoms with Gasteiger partial charge in [0.05, 0.1) is 13.2 Å². The third-order valence-electron chi connectivity index (χ3n) is 1.37. The first-order chi connectivity index (χ1) is 4.22. The van der Waals surface area contributed by atoms with E-state index in [1.165, 1.54) is 0 Å². The average Bonchev–Trinajstić information content (AvgIpc) is 1.83. The standard InChI is InChI=1S/C5H10O4.3Ac/c6-3-1-9-2-4(7)5(3)8;;;/h3-8H,1-2H2;;;/t3-,4?,5?;;;/m0.../s1. The van der Waals surface area contributed by atoms with E-state index in [4.69, 9.17) is 20.1 Å².